The molecule has 2 rings (SSSR count). The van der Waals surface area contributed by atoms with Gasteiger partial charge in [-0.2, -0.15) is 0 Å². The van der Waals surface area contributed by atoms with Crippen molar-refractivity contribution >= 4 is 29.1 Å². The summed E-state index contributed by atoms with van der Waals surface area (Å²) in [6.07, 6.45) is 0. The molecule has 0 atom stereocenters. The van der Waals surface area contributed by atoms with Gasteiger partial charge < -0.3 is 10.6 Å². The summed E-state index contributed by atoms with van der Waals surface area (Å²) in [5.41, 5.74) is 5.69. The number of carbonyl (C=O) groups excluding carboxylic acids is 3. The lowest BCUT2D eigenvalue weighted by atomic mass is 10.2. The number of hydrogen-bond acceptors (Lipinski definition) is 5. The predicted molar refractivity (Wildman–Crippen MR) is 69.3 cm³/mol. The first kappa shape index (κ1) is 13.3. The van der Waals surface area contributed by atoms with E-state index < -0.39 is 11.8 Å². The molecule has 1 aromatic heterocycles. The maximum Gasteiger partial charge on any atom is 0.255 e. The molecule has 19 heavy (non-hydrogen) atoms. The lowest BCUT2D eigenvalue weighted by molar-refractivity contribution is -0.135. The third-order valence-electron chi connectivity index (χ3n) is 2.40. The van der Waals surface area contributed by atoms with Crippen LogP contribution in [0.2, 0.25) is 0 Å². The van der Waals surface area contributed by atoms with Crippen LogP contribution in [0, 0.1) is 11.8 Å². The van der Waals surface area contributed by atoms with E-state index in [0.29, 0.717) is 5.56 Å². The fourth-order valence-electron chi connectivity index (χ4n) is 1.62. The van der Waals surface area contributed by atoms with Crippen molar-refractivity contribution in [1.82, 2.24) is 10.2 Å². The summed E-state index contributed by atoms with van der Waals surface area (Å²) < 4.78 is 0. The first-order chi connectivity index (χ1) is 9.10. The van der Waals surface area contributed by atoms with Gasteiger partial charge in [0.1, 0.15) is 13.1 Å². The Morgan fingerprint density at radius 1 is 1.42 bits per heavy atom. The van der Waals surface area contributed by atoms with Crippen LogP contribution in [-0.4, -0.2) is 42.3 Å². The molecule has 0 bridgehead atoms. The van der Waals surface area contributed by atoms with Crippen LogP contribution in [0.3, 0.4) is 0 Å². The topological polar surface area (TPSA) is 92.5 Å². The number of hydrogen-bond donors (Lipinski definition) is 2. The average molecular weight is 277 g/mol. The zero-order valence-electron chi connectivity index (χ0n) is 9.93. The van der Waals surface area contributed by atoms with E-state index in [1.54, 1.807) is 11.4 Å². The van der Waals surface area contributed by atoms with E-state index in [9.17, 15) is 14.4 Å². The second-order valence-electron chi connectivity index (χ2n) is 3.84. The molecule has 1 aliphatic rings. The minimum atomic E-state index is -0.469. The molecule has 1 saturated heterocycles. The summed E-state index contributed by atoms with van der Waals surface area (Å²) in [5, 5.41) is 3.80. The number of imide groups is 1. The Labute approximate surface area is 113 Å². The van der Waals surface area contributed by atoms with Gasteiger partial charge in [-0.1, -0.05) is 11.8 Å². The number of nitrogens with one attached hydrogen (secondary N) is 1. The third-order valence-corrected chi connectivity index (χ3v) is 3.24. The van der Waals surface area contributed by atoms with Crippen LogP contribution in [0.4, 0.5) is 0 Å². The molecule has 3 amide bonds. The lowest BCUT2D eigenvalue weighted by Gasteiger charge is -2.24. The number of nitrogens with two attached hydrogens (primary N) is 1. The van der Waals surface area contributed by atoms with Gasteiger partial charge in [-0.05, 0) is 6.07 Å². The number of rotatable bonds is 1. The lowest BCUT2D eigenvalue weighted by Crippen LogP contribution is -2.53. The molecule has 0 aliphatic carbocycles. The van der Waals surface area contributed by atoms with Crippen molar-refractivity contribution in [2.24, 2.45) is 5.73 Å². The first-order valence-corrected chi connectivity index (χ1v) is 6.37. The average Bonchev–Trinajstić information content (AvgIpc) is 2.83. The Balaban J connectivity index is 2.13. The fourth-order valence-corrected chi connectivity index (χ4v) is 2.36. The molecule has 0 radical (unpaired) electrons. The number of nitrogens with zero attached hydrogens (tertiary/aromatic N) is 1. The monoisotopic (exact) mass is 277 g/mol. The standard InChI is InChI=1S/C12H11N3O3S/c13-3-1-2-9-4-8(7-19-9)12(18)15-5-10(16)14-11(17)6-15/h4,7H,3,5-6,13H2,(H,14,16,17). The van der Waals surface area contributed by atoms with Crippen LogP contribution in [-0.2, 0) is 9.59 Å². The number of carbonyl (C=O) groups is 3. The van der Waals surface area contributed by atoms with Crippen molar-refractivity contribution in [2.45, 2.75) is 0 Å². The largest absolute Gasteiger partial charge is 0.320 e. The van der Waals surface area contributed by atoms with Crippen molar-refractivity contribution in [3.63, 3.8) is 0 Å². The molecule has 0 spiro atoms. The fraction of sp³-hybridized carbons (Fsp3) is 0.250. The summed E-state index contributed by atoms with van der Waals surface area (Å²) in [6, 6.07) is 1.63. The van der Waals surface area contributed by atoms with E-state index in [1.807, 2.05) is 0 Å². The number of piperazine rings is 1. The summed E-state index contributed by atoms with van der Waals surface area (Å²) in [6.45, 7) is 0.0381. The molecule has 1 aliphatic heterocycles. The molecular formula is C12H11N3O3S. The SMILES string of the molecule is NCC#Cc1cc(C(=O)N2CC(=O)NC(=O)C2)cs1. The second kappa shape index (κ2) is 5.65. The van der Waals surface area contributed by atoms with Gasteiger partial charge in [0.2, 0.25) is 11.8 Å². The van der Waals surface area contributed by atoms with E-state index >= 15 is 0 Å². The molecule has 1 aromatic rings. The van der Waals surface area contributed by atoms with Crippen molar-refractivity contribution in [1.29, 1.82) is 0 Å². The van der Waals surface area contributed by atoms with Gasteiger partial charge >= 0.3 is 0 Å². The molecule has 2 heterocycles. The van der Waals surface area contributed by atoms with Gasteiger partial charge in [0.15, 0.2) is 0 Å². The number of thiophene rings is 1. The van der Waals surface area contributed by atoms with Crippen LogP contribution in [0.5, 0.6) is 0 Å². The van der Waals surface area contributed by atoms with Gasteiger partial charge in [0, 0.05) is 5.38 Å². The smallest absolute Gasteiger partial charge is 0.255 e. The quantitative estimate of drug-likeness (QED) is 0.517. The highest BCUT2D eigenvalue weighted by Crippen LogP contribution is 2.16. The predicted octanol–water partition coefficient (Wildman–Crippen LogP) is -0.843. The molecule has 7 heteroatoms. The van der Waals surface area contributed by atoms with Crippen LogP contribution >= 0.6 is 11.3 Å². The maximum atomic E-state index is 12.1. The van der Waals surface area contributed by atoms with Gasteiger partial charge in [-0.25, -0.2) is 0 Å². The van der Waals surface area contributed by atoms with Crippen molar-refractivity contribution < 1.29 is 14.4 Å². The Kier molecular flexibility index (Phi) is 3.94. The molecule has 6 nitrogen and oxygen atoms in total. The van der Waals surface area contributed by atoms with E-state index in [1.165, 1.54) is 16.2 Å². The Morgan fingerprint density at radius 3 is 2.74 bits per heavy atom. The van der Waals surface area contributed by atoms with Crippen molar-refractivity contribution in [2.75, 3.05) is 19.6 Å². The summed E-state index contributed by atoms with van der Waals surface area (Å²) in [4.78, 5) is 36.5. The Morgan fingerprint density at radius 2 is 2.11 bits per heavy atom. The molecular weight excluding hydrogens is 266 g/mol. The van der Waals surface area contributed by atoms with Gasteiger partial charge in [-0.3, -0.25) is 19.7 Å². The first-order valence-electron chi connectivity index (χ1n) is 5.49. The van der Waals surface area contributed by atoms with E-state index in [-0.39, 0.29) is 25.5 Å². The van der Waals surface area contributed by atoms with Gasteiger partial charge in [0.25, 0.3) is 5.91 Å². The minimum Gasteiger partial charge on any atom is -0.320 e. The van der Waals surface area contributed by atoms with Crippen molar-refractivity contribution in [3.05, 3.63) is 21.9 Å². The zero-order chi connectivity index (χ0) is 13.8. The molecule has 0 saturated carbocycles. The number of amides is 3. The zero-order valence-corrected chi connectivity index (χ0v) is 10.8. The highest BCUT2D eigenvalue weighted by Gasteiger charge is 2.27. The molecule has 1 fully saturated rings. The summed E-state index contributed by atoms with van der Waals surface area (Å²) >= 11 is 1.32. The normalized spacial score (nSPS) is 14.7. The molecule has 0 aromatic carbocycles. The third kappa shape index (κ3) is 3.19. The summed E-state index contributed by atoms with van der Waals surface area (Å²) in [7, 11) is 0. The molecule has 3 N–H and O–H groups in total. The van der Waals surface area contributed by atoms with E-state index in [2.05, 4.69) is 17.2 Å². The minimum absolute atomic E-state index is 0.107. The maximum absolute atomic E-state index is 12.1. The van der Waals surface area contributed by atoms with Crippen LogP contribution in [0.15, 0.2) is 11.4 Å². The highest BCUT2D eigenvalue weighted by molar-refractivity contribution is 7.10. The summed E-state index contributed by atoms with van der Waals surface area (Å²) in [5.74, 6) is 4.24. The highest BCUT2D eigenvalue weighted by atomic mass is 32.1. The van der Waals surface area contributed by atoms with Crippen LogP contribution in [0.1, 0.15) is 15.2 Å². The Hall–Kier alpha value is -2.17. The van der Waals surface area contributed by atoms with Gasteiger partial charge in [0.05, 0.1) is 17.0 Å². The van der Waals surface area contributed by atoms with Crippen LogP contribution < -0.4 is 11.1 Å². The van der Waals surface area contributed by atoms with E-state index in [0.717, 1.165) is 4.88 Å². The Bertz CT molecular complexity index is 581. The van der Waals surface area contributed by atoms with Crippen LogP contribution in [0.25, 0.3) is 0 Å². The van der Waals surface area contributed by atoms with Crippen molar-refractivity contribution in [3.8, 4) is 11.8 Å². The molecule has 0 unspecified atom stereocenters. The van der Waals surface area contributed by atoms with Gasteiger partial charge in [-0.15, -0.1) is 11.3 Å². The molecule has 98 valence electrons. The van der Waals surface area contributed by atoms with E-state index in [4.69, 9.17) is 5.73 Å². The second-order valence-corrected chi connectivity index (χ2v) is 4.75.